The molecule has 0 aliphatic carbocycles. The normalized spacial score (nSPS) is 12.1. The second kappa shape index (κ2) is 3.13. The SMILES string of the molecule is Cc1cncc([C@@H](O)C#N)c1. The Balaban J connectivity index is 2.98. The van der Waals surface area contributed by atoms with Crippen LogP contribution in [0.3, 0.4) is 0 Å². The summed E-state index contributed by atoms with van der Waals surface area (Å²) in [5.41, 5.74) is 1.49. The van der Waals surface area contributed by atoms with E-state index in [4.69, 9.17) is 10.4 Å². The van der Waals surface area contributed by atoms with E-state index in [-0.39, 0.29) is 0 Å². The van der Waals surface area contributed by atoms with Gasteiger partial charge in [0.1, 0.15) is 0 Å². The van der Waals surface area contributed by atoms with E-state index in [2.05, 4.69) is 4.98 Å². The van der Waals surface area contributed by atoms with Crippen molar-refractivity contribution < 1.29 is 5.11 Å². The number of pyridine rings is 1. The average Bonchev–Trinajstić information content (AvgIpc) is 2.03. The van der Waals surface area contributed by atoms with Gasteiger partial charge in [0.15, 0.2) is 6.10 Å². The Morgan fingerprint density at radius 1 is 1.64 bits per heavy atom. The first-order valence-electron chi connectivity index (χ1n) is 3.23. The van der Waals surface area contributed by atoms with Crippen LogP contribution in [-0.2, 0) is 0 Å². The number of aromatic nitrogens is 1. The maximum absolute atomic E-state index is 9.05. The summed E-state index contributed by atoms with van der Waals surface area (Å²) in [6.07, 6.45) is 2.11. The van der Waals surface area contributed by atoms with Gasteiger partial charge >= 0.3 is 0 Å². The first-order chi connectivity index (χ1) is 5.24. The summed E-state index contributed by atoms with van der Waals surface area (Å²) < 4.78 is 0. The summed E-state index contributed by atoms with van der Waals surface area (Å²) in [5.74, 6) is 0. The number of nitrogens with zero attached hydrogens (tertiary/aromatic N) is 2. The Hall–Kier alpha value is -1.40. The smallest absolute Gasteiger partial charge is 0.167 e. The van der Waals surface area contributed by atoms with E-state index in [1.807, 2.05) is 6.92 Å². The number of aliphatic hydroxyl groups is 1. The highest BCUT2D eigenvalue weighted by atomic mass is 16.3. The standard InChI is InChI=1S/C8H8N2O/c1-6-2-7(5-10-4-6)8(11)3-9/h2,4-5,8,11H,1H3/t8-/m0/s1. The van der Waals surface area contributed by atoms with Crippen molar-refractivity contribution in [3.8, 4) is 6.07 Å². The molecular formula is C8H8N2O. The molecule has 0 aliphatic heterocycles. The van der Waals surface area contributed by atoms with Crippen LogP contribution in [0.2, 0.25) is 0 Å². The van der Waals surface area contributed by atoms with Crippen molar-refractivity contribution in [3.63, 3.8) is 0 Å². The molecule has 0 aliphatic rings. The van der Waals surface area contributed by atoms with Crippen molar-refractivity contribution in [2.24, 2.45) is 0 Å². The van der Waals surface area contributed by atoms with Crippen LogP contribution in [0.5, 0.6) is 0 Å². The molecule has 3 nitrogen and oxygen atoms in total. The van der Waals surface area contributed by atoms with Crippen LogP contribution in [-0.4, -0.2) is 10.1 Å². The summed E-state index contributed by atoms with van der Waals surface area (Å²) in [6.45, 7) is 1.86. The molecule has 1 atom stereocenters. The molecule has 1 rings (SSSR count). The van der Waals surface area contributed by atoms with Crippen LogP contribution in [0.4, 0.5) is 0 Å². The second-order valence-corrected chi connectivity index (χ2v) is 2.33. The van der Waals surface area contributed by atoms with Gasteiger partial charge in [-0.05, 0) is 18.6 Å². The molecule has 1 aromatic rings. The lowest BCUT2D eigenvalue weighted by atomic mass is 10.1. The van der Waals surface area contributed by atoms with E-state index in [0.717, 1.165) is 5.56 Å². The van der Waals surface area contributed by atoms with Crippen molar-refractivity contribution in [2.75, 3.05) is 0 Å². The van der Waals surface area contributed by atoms with Gasteiger partial charge in [0.25, 0.3) is 0 Å². The second-order valence-electron chi connectivity index (χ2n) is 2.33. The summed E-state index contributed by atoms with van der Waals surface area (Å²) in [6, 6.07) is 3.46. The van der Waals surface area contributed by atoms with Gasteiger partial charge < -0.3 is 5.11 Å². The highest BCUT2D eigenvalue weighted by Gasteiger charge is 2.04. The number of aliphatic hydroxyl groups excluding tert-OH is 1. The van der Waals surface area contributed by atoms with Crippen molar-refractivity contribution in [2.45, 2.75) is 13.0 Å². The first kappa shape index (κ1) is 7.70. The van der Waals surface area contributed by atoms with Gasteiger partial charge in [-0.1, -0.05) is 0 Å². The molecule has 0 radical (unpaired) electrons. The zero-order valence-electron chi connectivity index (χ0n) is 6.15. The lowest BCUT2D eigenvalue weighted by Crippen LogP contribution is -1.94. The molecule has 0 saturated heterocycles. The average molecular weight is 148 g/mol. The molecule has 56 valence electrons. The molecule has 0 fully saturated rings. The fourth-order valence-electron chi connectivity index (χ4n) is 0.802. The zero-order valence-corrected chi connectivity index (χ0v) is 6.15. The molecule has 0 spiro atoms. The Kier molecular flexibility index (Phi) is 2.19. The van der Waals surface area contributed by atoms with Crippen LogP contribution in [0, 0.1) is 18.3 Å². The Bertz CT molecular complexity index is 290. The minimum absolute atomic E-state index is 0.549. The summed E-state index contributed by atoms with van der Waals surface area (Å²) in [4.78, 5) is 3.84. The number of rotatable bonds is 1. The zero-order chi connectivity index (χ0) is 8.27. The van der Waals surface area contributed by atoms with Crippen molar-refractivity contribution in [1.82, 2.24) is 4.98 Å². The summed E-state index contributed by atoms with van der Waals surface area (Å²) in [5, 5.41) is 17.4. The van der Waals surface area contributed by atoms with Crippen molar-refractivity contribution >= 4 is 0 Å². The lowest BCUT2D eigenvalue weighted by molar-refractivity contribution is 0.235. The molecule has 0 bridgehead atoms. The molecule has 0 aromatic carbocycles. The van der Waals surface area contributed by atoms with Gasteiger partial charge in [-0.15, -0.1) is 0 Å². The molecule has 0 amide bonds. The summed E-state index contributed by atoms with van der Waals surface area (Å²) in [7, 11) is 0. The molecule has 0 saturated carbocycles. The van der Waals surface area contributed by atoms with Gasteiger partial charge in [-0.25, -0.2) is 0 Å². The fraction of sp³-hybridized carbons (Fsp3) is 0.250. The molecular weight excluding hydrogens is 140 g/mol. The maximum Gasteiger partial charge on any atom is 0.167 e. The highest BCUT2D eigenvalue weighted by Crippen LogP contribution is 2.10. The molecule has 3 heteroatoms. The molecule has 1 N–H and O–H groups in total. The number of aryl methyl sites for hydroxylation is 1. The lowest BCUT2D eigenvalue weighted by Gasteiger charge is -2.00. The van der Waals surface area contributed by atoms with Crippen LogP contribution >= 0.6 is 0 Å². The van der Waals surface area contributed by atoms with E-state index in [9.17, 15) is 0 Å². The molecule has 11 heavy (non-hydrogen) atoms. The number of hydrogen-bond acceptors (Lipinski definition) is 3. The first-order valence-corrected chi connectivity index (χ1v) is 3.23. The quantitative estimate of drug-likeness (QED) is 0.603. The third-order valence-corrected chi connectivity index (χ3v) is 1.33. The van der Waals surface area contributed by atoms with Crippen LogP contribution in [0.1, 0.15) is 17.2 Å². The maximum atomic E-state index is 9.05. The molecule has 0 unspecified atom stereocenters. The van der Waals surface area contributed by atoms with Crippen LogP contribution in [0.25, 0.3) is 0 Å². The monoisotopic (exact) mass is 148 g/mol. The minimum Gasteiger partial charge on any atom is -0.374 e. The minimum atomic E-state index is -1.05. The van der Waals surface area contributed by atoms with Gasteiger partial charge in [0.2, 0.25) is 0 Å². The van der Waals surface area contributed by atoms with Gasteiger partial charge in [-0.2, -0.15) is 5.26 Å². The third-order valence-electron chi connectivity index (χ3n) is 1.33. The predicted octanol–water partition coefficient (Wildman–Crippen LogP) is 0.947. The topological polar surface area (TPSA) is 56.9 Å². The van der Waals surface area contributed by atoms with Gasteiger partial charge in [0.05, 0.1) is 6.07 Å². The van der Waals surface area contributed by atoms with E-state index < -0.39 is 6.10 Å². The van der Waals surface area contributed by atoms with Gasteiger partial charge in [-0.3, -0.25) is 4.98 Å². The molecule has 1 heterocycles. The Morgan fingerprint density at radius 2 is 2.36 bits per heavy atom. The van der Waals surface area contributed by atoms with E-state index in [1.165, 1.54) is 6.20 Å². The van der Waals surface area contributed by atoms with Crippen molar-refractivity contribution in [3.05, 3.63) is 29.6 Å². The highest BCUT2D eigenvalue weighted by molar-refractivity contribution is 5.22. The van der Waals surface area contributed by atoms with Crippen LogP contribution < -0.4 is 0 Å². The van der Waals surface area contributed by atoms with E-state index >= 15 is 0 Å². The third kappa shape index (κ3) is 1.76. The number of nitriles is 1. The summed E-state index contributed by atoms with van der Waals surface area (Å²) >= 11 is 0. The van der Waals surface area contributed by atoms with Crippen LogP contribution in [0.15, 0.2) is 18.5 Å². The largest absolute Gasteiger partial charge is 0.374 e. The van der Waals surface area contributed by atoms with E-state index in [1.54, 1.807) is 18.3 Å². The van der Waals surface area contributed by atoms with E-state index in [0.29, 0.717) is 5.56 Å². The Labute approximate surface area is 64.9 Å². The Morgan fingerprint density at radius 3 is 2.91 bits per heavy atom. The molecule has 1 aromatic heterocycles. The van der Waals surface area contributed by atoms with Gasteiger partial charge in [0, 0.05) is 18.0 Å². The number of hydrogen-bond donors (Lipinski definition) is 1. The van der Waals surface area contributed by atoms with Crippen molar-refractivity contribution in [1.29, 1.82) is 5.26 Å². The fourth-order valence-corrected chi connectivity index (χ4v) is 0.802. The predicted molar refractivity (Wildman–Crippen MR) is 39.5 cm³/mol.